The number of hydrogen-bond donors (Lipinski definition) is 1. The normalized spacial score (nSPS) is 15.8. The van der Waals surface area contributed by atoms with Crippen molar-refractivity contribution in [2.24, 2.45) is 5.92 Å². The predicted octanol–water partition coefficient (Wildman–Crippen LogP) is 2.97. The van der Waals surface area contributed by atoms with Crippen LogP contribution in [0, 0.1) is 21.8 Å². The second kappa shape index (κ2) is 8.34. The second-order valence-corrected chi connectivity index (χ2v) is 7.19. The largest absolute Gasteiger partial charge is 0.326 e. The summed E-state index contributed by atoms with van der Waals surface area (Å²) in [5.74, 6) is -2.30. The average molecular weight is 423 g/mol. The molecule has 0 radical (unpaired) electrons. The molecular weight excluding hydrogens is 405 g/mol. The molecule has 2 aromatic carbocycles. The van der Waals surface area contributed by atoms with Gasteiger partial charge in [-0.1, -0.05) is 12.1 Å². The van der Waals surface area contributed by atoms with E-state index in [-0.39, 0.29) is 30.5 Å². The molecule has 4 rings (SSSR count). The number of rotatable bonds is 6. The molecule has 1 N–H and O–H groups in total. The van der Waals surface area contributed by atoms with E-state index in [2.05, 4.69) is 10.4 Å². The van der Waals surface area contributed by atoms with Gasteiger partial charge in [0.2, 0.25) is 17.6 Å². The number of nitro benzene ring substituents is 1. The highest BCUT2D eigenvalue weighted by Crippen LogP contribution is 2.30. The molecule has 10 heteroatoms. The summed E-state index contributed by atoms with van der Waals surface area (Å²) in [6.07, 6.45) is 3.48. The van der Waals surface area contributed by atoms with E-state index in [0.29, 0.717) is 12.2 Å². The molecule has 1 atom stereocenters. The van der Waals surface area contributed by atoms with Gasteiger partial charge in [0.05, 0.1) is 23.1 Å². The summed E-state index contributed by atoms with van der Waals surface area (Å²) in [6.45, 7) is 0.607. The predicted molar refractivity (Wildman–Crippen MR) is 110 cm³/mol. The van der Waals surface area contributed by atoms with Gasteiger partial charge in [0.15, 0.2) is 0 Å². The van der Waals surface area contributed by atoms with Gasteiger partial charge in [0.1, 0.15) is 0 Å². The molecule has 0 saturated carbocycles. The number of carbonyl (C=O) groups is 2. The van der Waals surface area contributed by atoms with Gasteiger partial charge >= 0.3 is 5.69 Å². The third-order valence-corrected chi connectivity index (χ3v) is 5.03. The molecule has 1 aliphatic rings. The molecule has 31 heavy (non-hydrogen) atoms. The van der Waals surface area contributed by atoms with E-state index in [1.54, 1.807) is 16.9 Å². The fourth-order valence-electron chi connectivity index (χ4n) is 3.51. The number of anilines is 2. The summed E-state index contributed by atoms with van der Waals surface area (Å²) >= 11 is 0. The third kappa shape index (κ3) is 4.42. The Hall–Kier alpha value is -4.08. The van der Waals surface area contributed by atoms with Crippen LogP contribution in [-0.4, -0.2) is 33.1 Å². The zero-order valence-corrected chi connectivity index (χ0v) is 16.3. The number of hydrogen-bond acceptors (Lipinski definition) is 5. The number of nitrogens with one attached hydrogen (secondary N) is 1. The van der Waals surface area contributed by atoms with Crippen LogP contribution in [0.5, 0.6) is 0 Å². The van der Waals surface area contributed by atoms with Crippen LogP contribution in [0.25, 0.3) is 0 Å². The number of benzene rings is 2. The Labute approximate surface area is 176 Å². The Morgan fingerprint density at radius 1 is 1.26 bits per heavy atom. The van der Waals surface area contributed by atoms with Crippen LogP contribution < -0.4 is 10.2 Å². The van der Waals surface area contributed by atoms with Gasteiger partial charge in [-0.05, 0) is 35.9 Å². The van der Waals surface area contributed by atoms with Crippen molar-refractivity contribution in [3.63, 3.8) is 0 Å². The number of halogens is 1. The first-order valence-corrected chi connectivity index (χ1v) is 9.52. The van der Waals surface area contributed by atoms with Crippen molar-refractivity contribution in [3.8, 4) is 0 Å². The summed E-state index contributed by atoms with van der Waals surface area (Å²) in [5.41, 5.74) is 1.02. The highest BCUT2D eigenvalue weighted by molar-refractivity contribution is 6.03. The first-order valence-electron chi connectivity index (χ1n) is 9.52. The van der Waals surface area contributed by atoms with Crippen molar-refractivity contribution < 1.29 is 18.9 Å². The zero-order valence-electron chi connectivity index (χ0n) is 16.3. The van der Waals surface area contributed by atoms with Gasteiger partial charge in [0, 0.05) is 37.1 Å². The Morgan fingerprint density at radius 2 is 2.10 bits per heavy atom. The maximum absolute atomic E-state index is 13.6. The quantitative estimate of drug-likeness (QED) is 0.484. The average Bonchev–Trinajstić information content (AvgIpc) is 3.38. The molecule has 2 heterocycles. The molecule has 2 amide bonds. The van der Waals surface area contributed by atoms with E-state index >= 15 is 0 Å². The minimum atomic E-state index is -0.982. The second-order valence-electron chi connectivity index (χ2n) is 7.19. The number of carbonyl (C=O) groups excluding carboxylic acids is 2. The first kappa shape index (κ1) is 20.2. The minimum absolute atomic E-state index is 0.0377. The van der Waals surface area contributed by atoms with Crippen molar-refractivity contribution in [2.45, 2.75) is 13.0 Å². The van der Waals surface area contributed by atoms with Gasteiger partial charge in [-0.15, -0.1) is 0 Å². The highest BCUT2D eigenvalue weighted by atomic mass is 19.1. The van der Waals surface area contributed by atoms with Crippen molar-refractivity contribution >= 4 is 28.9 Å². The maximum atomic E-state index is 13.6. The highest BCUT2D eigenvalue weighted by Gasteiger charge is 2.36. The van der Waals surface area contributed by atoms with Gasteiger partial charge in [-0.3, -0.25) is 24.4 Å². The molecule has 0 bridgehead atoms. The van der Waals surface area contributed by atoms with Gasteiger partial charge in [0.25, 0.3) is 0 Å². The summed E-state index contributed by atoms with van der Waals surface area (Å²) in [5, 5.41) is 17.9. The summed E-state index contributed by atoms with van der Waals surface area (Å²) < 4.78 is 15.3. The van der Waals surface area contributed by atoms with Crippen LogP contribution >= 0.6 is 0 Å². The Balaban J connectivity index is 1.44. The first-order chi connectivity index (χ1) is 14.9. The lowest BCUT2D eigenvalue weighted by Crippen LogP contribution is -2.28. The molecule has 1 unspecified atom stereocenters. The number of amides is 2. The van der Waals surface area contributed by atoms with Crippen molar-refractivity contribution in [2.75, 3.05) is 16.8 Å². The lowest BCUT2D eigenvalue weighted by atomic mass is 10.1. The van der Waals surface area contributed by atoms with E-state index in [4.69, 9.17) is 0 Å². The van der Waals surface area contributed by atoms with Crippen LogP contribution in [-0.2, 0) is 16.1 Å². The van der Waals surface area contributed by atoms with Crippen molar-refractivity contribution in [1.29, 1.82) is 0 Å². The van der Waals surface area contributed by atoms with E-state index in [9.17, 15) is 24.1 Å². The van der Waals surface area contributed by atoms with Crippen LogP contribution in [0.1, 0.15) is 12.0 Å². The van der Waals surface area contributed by atoms with Crippen molar-refractivity contribution in [1.82, 2.24) is 9.78 Å². The van der Waals surface area contributed by atoms with E-state index in [0.717, 1.165) is 17.7 Å². The molecule has 1 saturated heterocycles. The van der Waals surface area contributed by atoms with E-state index in [1.807, 2.05) is 30.5 Å². The molecule has 0 aliphatic carbocycles. The number of aromatic nitrogens is 2. The lowest BCUT2D eigenvalue weighted by molar-refractivity contribution is -0.387. The summed E-state index contributed by atoms with van der Waals surface area (Å²) in [7, 11) is 0. The fraction of sp³-hybridized carbons (Fsp3) is 0.190. The van der Waals surface area contributed by atoms with E-state index in [1.165, 1.54) is 11.0 Å². The van der Waals surface area contributed by atoms with E-state index < -0.39 is 22.3 Å². The summed E-state index contributed by atoms with van der Waals surface area (Å²) in [6, 6.07) is 12.4. The zero-order chi connectivity index (χ0) is 22.0. The molecule has 1 aliphatic heterocycles. The van der Waals surface area contributed by atoms with Gasteiger partial charge in [-0.2, -0.15) is 9.49 Å². The van der Waals surface area contributed by atoms with Gasteiger partial charge < -0.3 is 10.2 Å². The Bertz CT molecular complexity index is 1150. The number of nitro groups is 1. The monoisotopic (exact) mass is 423 g/mol. The van der Waals surface area contributed by atoms with Crippen molar-refractivity contribution in [3.05, 3.63) is 82.4 Å². The van der Waals surface area contributed by atoms with Crippen LogP contribution in [0.4, 0.5) is 21.5 Å². The molecule has 0 spiro atoms. The smallest absolute Gasteiger partial charge is 0.306 e. The lowest BCUT2D eigenvalue weighted by Gasteiger charge is -2.17. The Kier molecular flexibility index (Phi) is 5.44. The standard InChI is InChI=1S/C21H18FN5O4/c22-18-6-5-17(11-19(18)27(30)31)26-13-15(10-20(26)28)21(29)24-16-4-1-3-14(9-16)12-25-8-2-7-23-25/h1-9,11,15H,10,12-13H2,(H,24,29). The molecule has 1 aromatic heterocycles. The maximum Gasteiger partial charge on any atom is 0.306 e. The van der Waals surface area contributed by atoms with Crippen LogP contribution in [0.15, 0.2) is 60.9 Å². The molecule has 158 valence electrons. The molecule has 3 aromatic rings. The van der Waals surface area contributed by atoms with Crippen LogP contribution in [0.3, 0.4) is 0 Å². The molecule has 9 nitrogen and oxygen atoms in total. The van der Waals surface area contributed by atoms with Gasteiger partial charge in [-0.25, -0.2) is 0 Å². The number of nitrogens with zero attached hydrogens (tertiary/aromatic N) is 4. The third-order valence-electron chi connectivity index (χ3n) is 5.03. The minimum Gasteiger partial charge on any atom is -0.326 e. The topological polar surface area (TPSA) is 110 Å². The fourth-order valence-corrected chi connectivity index (χ4v) is 3.51. The molecular formula is C21H18FN5O4. The Morgan fingerprint density at radius 3 is 2.84 bits per heavy atom. The SMILES string of the molecule is O=C(Nc1cccc(Cn2cccn2)c1)C1CC(=O)N(c2ccc(F)c([N+](=O)[O-])c2)C1. The summed E-state index contributed by atoms with van der Waals surface area (Å²) in [4.78, 5) is 36.5. The van der Waals surface area contributed by atoms with Crippen LogP contribution in [0.2, 0.25) is 0 Å². The molecule has 1 fully saturated rings.